The van der Waals surface area contributed by atoms with E-state index in [1.165, 1.54) is 0 Å². The van der Waals surface area contributed by atoms with Crippen LogP contribution < -0.4 is 5.32 Å². The Morgan fingerprint density at radius 3 is 2.85 bits per heavy atom. The molecule has 0 saturated heterocycles. The lowest BCUT2D eigenvalue weighted by molar-refractivity contribution is 0.232. The molecule has 1 rings (SSSR count). The summed E-state index contributed by atoms with van der Waals surface area (Å²) in [6.45, 7) is 2.32. The van der Waals surface area contributed by atoms with Crippen molar-refractivity contribution in [2.24, 2.45) is 5.92 Å². The molecule has 2 atom stereocenters. The second-order valence-electron chi connectivity index (χ2n) is 3.27. The molecule has 0 bridgehead atoms. The average molecular weight is 183 g/mol. The Hall–Kier alpha value is -0.800. The van der Waals surface area contributed by atoms with E-state index in [2.05, 4.69) is 12.2 Å². The topological polar surface area (TPSA) is 45.4 Å². The van der Waals surface area contributed by atoms with Crippen molar-refractivity contribution in [1.82, 2.24) is 5.32 Å². The van der Waals surface area contributed by atoms with E-state index in [-0.39, 0.29) is 12.6 Å². The molecule has 2 N–H and O–H groups in total. The van der Waals surface area contributed by atoms with E-state index >= 15 is 0 Å². The van der Waals surface area contributed by atoms with Gasteiger partial charge in [0.2, 0.25) is 0 Å². The summed E-state index contributed by atoms with van der Waals surface area (Å²) in [7, 11) is 1.90. The first-order valence-electron chi connectivity index (χ1n) is 4.61. The van der Waals surface area contributed by atoms with Crippen molar-refractivity contribution < 1.29 is 9.52 Å². The fraction of sp³-hybridized carbons (Fsp3) is 0.600. The van der Waals surface area contributed by atoms with Gasteiger partial charge in [0.15, 0.2) is 0 Å². The lowest BCUT2D eigenvalue weighted by Gasteiger charge is -2.20. The predicted molar refractivity (Wildman–Crippen MR) is 51.4 cm³/mol. The van der Waals surface area contributed by atoms with Crippen molar-refractivity contribution in [3.05, 3.63) is 24.2 Å². The van der Waals surface area contributed by atoms with Crippen LogP contribution in [-0.2, 0) is 0 Å². The highest BCUT2D eigenvalue weighted by Crippen LogP contribution is 2.23. The van der Waals surface area contributed by atoms with Crippen LogP contribution in [0.15, 0.2) is 22.8 Å². The molecule has 0 aliphatic heterocycles. The van der Waals surface area contributed by atoms with Crippen LogP contribution in [0.25, 0.3) is 0 Å². The molecule has 0 spiro atoms. The number of hydrogen-bond acceptors (Lipinski definition) is 3. The molecule has 0 amide bonds. The van der Waals surface area contributed by atoms with Gasteiger partial charge in [0.25, 0.3) is 0 Å². The third-order valence-electron chi connectivity index (χ3n) is 2.31. The molecule has 3 nitrogen and oxygen atoms in total. The average Bonchev–Trinajstić information content (AvgIpc) is 2.59. The van der Waals surface area contributed by atoms with Crippen molar-refractivity contribution in [3.63, 3.8) is 0 Å². The fourth-order valence-electron chi connectivity index (χ4n) is 1.55. The first kappa shape index (κ1) is 10.3. The molecule has 0 aromatic carbocycles. The molecule has 3 heteroatoms. The van der Waals surface area contributed by atoms with Crippen molar-refractivity contribution in [3.8, 4) is 0 Å². The molecule has 1 aromatic heterocycles. The Balaban J connectivity index is 2.62. The summed E-state index contributed by atoms with van der Waals surface area (Å²) >= 11 is 0. The summed E-state index contributed by atoms with van der Waals surface area (Å²) < 4.78 is 5.31. The van der Waals surface area contributed by atoms with Crippen molar-refractivity contribution in [2.45, 2.75) is 19.4 Å². The van der Waals surface area contributed by atoms with Crippen molar-refractivity contribution >= 4 is 0 Å². The number of hydrogen-bond donors (Lipinski definition) is 2. The zero-order valence-electron chi connectivity index (χ0n) is 8.16. The van der Waals surface area contributed by atoms with Gasteiger partial charge in [-0.1, -0.05) is 6.92 Å². The summed E-state index contributed by atoms with van der Waals surface area (Å²) in [6.07, 6.45) is 2.46. The molecule has 0 aliphatic carbocycles. The molecule has 0 fully saturated rings. The fourth-order valence-corrected chi connectivity index (χ4v) is 1.55. The molecule has 13 heavy (non-hydrogen) atoms. The monoisotopic (exact) mass is 183 g/mol. The quantitative estimate of drug-likeness (QED) is 0.728. The van der Waals surface area contributed by atoms with E-state index in [4.69, 9.17) is 9.52 Å². The van der Waals surface area contributed by atoms with Crippen LogP contribution in [0.4, 0.5) is 0 Å². The molecule has 0 radical (unpaired) electrons. The van der Waals surface area contributed by atoms with Gasteiger partial charge in [-0.2, -0.15) is 0 Å². The molecule has 0 unspecified atom stereocenters. The van der Waals surface area contributed by atoms with Gasteiger partial charge < -0.3 is 14.8 Å². The first-order valence-corrected chi connectivity index (χ1v) is 4.61. The number of nitrogens with one attached hydrogen (secondary N) is 1. The van der Waals surface area contributed by atoms with E-state index in [9.17, 15) is 0 Å². The number of furan rings is 1. The van der Waals surface area contributed by atoms with E-state index in [1.807, 2.05) is 19.2 Å². The van der Waals surface area contributed by atoms with Crippen molar-refractivity contribution in [2.75, 3.05) is 13.7 Å². The van der Waals surface area contributed by atoms with Gasteiger partial charge >= 0.3 is 0 Å². The van der Waals surface area contributed by atoms with Crippen LogP contribution in [0, 0.1) is 5.92 Å². The number of aliphatic hydroxyl groups is 1. The summed E-state index contributed by atoms with van der Waals surface area (Å²) in [6, 6.07) is 4.03. The van der Waals surface area contributed by atoms with Gasteiger partial charge in [0.1, 0.15) is 5.76 Å². The largest absolute Gasteiger partial charge is 0.468 e. The highest BCUT2D eigenvalue weighted by Gasteiger charge is 2.18. The summed E-state index contributed by atoms with van der Waals surface area (Å²) in [5.74, 6) is 1.31. The Labute approximate surface area is 78.8 Å². The maximum Gasteiger partial charge on any atom is 0.120 e. The van der Waals surface area contributed by atoms with Crippen LogP contribution in [-0.4, -0.2) is 18.8 Å². The second kappa shape index (κ2) is 5.04. The van der Waals surface area contributed by atoms with Gasteiger partial charge in [-0.05, 0) is 31.5 Å². The smallest absolute Gasteiger partial charge is 0.120 e. The minimum atomic E-state index is 0.196. The predicted octanol–water partition coefficient (Wildman–Crippen LogP) is 1.56. The Kier molecular flexibility index (Phi) is 3.99. The molecule has 1 aromatic rings. The maximum atomic E-state index is 8.82. The lowest BCUT2D eigenvalue weighted by atomic mass is 9.97. The van der Waals surface area contributed by atoms with Gasteiger partial charge in [-0.25, -0.2) is 0 Å². The highest BCUT2D eigenvalue weighted by molar-refractivity contribution is 5.05. The van der Waals surface area contributed by atoms with E-state index in [0.717, 1.165) is 12.2 Å². The van der Waals surface area contributed by atoms with E-state index in [1.54, 1.807) is 6.26 Å². The summed E-state index contributed by atoms with van der Waals surface area (Å²) in [5, 5.41) is 12.0. The van der Waals surface area contributed by atoms with Gasteiger partial charge in [-0.3, -0.25) is 0 Å². The Morgan fingerprint density at radius 2 is 2.38 bits per heavy atom. The van der Waals surface area contributed by atoms with Gasteiger partial charge in [0, 0.05) is 6.61 Å². The summed E-state index contributed by atoms with van der Waals surface area (Å²) in [4.78, 5) is 0. The van der Waals surface area contributed by atoms with Crippen LogP contribution in [0.5, 0.6) is 0 Å². The van der Waals surface area contributed by atoms with Crippen LogP contribution in [0.2, 0.25) is 0 Å². The third kappa shape index (κ3) is 2.57. The second-order valence-corrected chi connectivity index (χ2v) is 3.27. The normalized spacial score (nSPS) is 15.6. The lowest BCUT2D eigenvalue weighted by Crippen LogP contribution is -2.23. The van der Waals surface area contributed by atoms with Gasteiger partial charge in [-0.15, -0.1) is 0 Å². The zero-order chi connectivity index (χ0) is 9.68. The first-order chi connectivity index (χ1) is 6.29. The number of aliphatic hydroxyl groups excluding tert-OH is 1. The Bertz CT molecular complexity index is 221. The number of rotatable bonds is 5. The molecule has 74 valence electrons. The van der Waals surface area contributed by atoms with E-state index < -0.39 is 0 Å². The maximum absolute atomic E-state index is 8.82. The van der Waals surface area contributed by atoms with E-state index in [0.29, 0.717) is 5.92 Å². The third-order valence-corrected chi connectivity index (χ3v) is 2.31. The van der Waals surface area contributed by atoms with Crippen LogP contribution in [0.3, 0.4) is 0 Å². The minimum absolute atomic E-state index is 0.196. The van der Waals surface area contributed by atoms with Crippen molar-refractivity contribution in [1.29, 1.82) is 0 Å². The molecule has 0 aliphatic rings. The SMILES string of the molecule is CN[C@H](c1ccco1)[C@H](C)CCO. The molecular formula is C10H17NO2. The highest BCUT2D eigenvalue weighted by atomic mass is 16.3. The zero-order valence-corrected chi connectivity index (χ0v) is 8.16. The minimum Gasteiger partial charge on any atom is -0.468 e. The van der Waals surface area contributed by atoms with Crippen LogP contribution in [0.1, 0.15) is 25.1 Å². The molecule has 0 saturated carbocycles. The molecular weight excluding hydrogens is 166 g/mol. The molecule has 1 heterocycles. The van der Waals surface area contributed by atoms with Gasteiger partial charge in [0.05, 0.1) is 12.3 Å². The standard InChI is InChI=1S/C10H17NO2/c1-8(5-6-12)10(11-2)9-4-3-7-13-9/h3-4,7-8,10-12H,5-6H2,1-2H3/t8-,10+/m1/s1. The Morgan fingerprint density at radius 1 is 1.62 bits per heavy atom. The summed E-state index contributed by atoms with van der Waals surface area (Å²) in [5.41, 5.74) is 0. The van der Waals surface area contributed by atoms with Crippen LogP contribution >= 0.6 is 0 Å².